The summed E-state index contributed by atoms with van der Waals surface area (Å²) in [4.78, 5) is 1.16. The maximum atomic E-state index is 5.84. The molecule has 0 saturated carbocycles. The van der Waals surface area contributed by atoms with Crippen LogP contribution in [0.15, 0.2) is 16.0 Å². The van der Waals surface area contributed by atoms with Crippen molar-refractivity contribution in [1.29, 1.82) is 0 Å². The summed E-state index contributed by atoms with van der Waals surface area (Å²) in [6.45, 7) is 6.34. The molecule has 16 heavy (non-hydrogen) atoms. The Kier molecular flexibility index (Phi) is 3.01. The Labute approximate surface area is 99.3 Å². The Morgan fingerprint density at radius 1 is 1.50 bits per heavy atom. The van der Waals surface area contributed by atoms with Gasteiger partial charge in [0.25, 0.3) is 0 Å². The number of nitrogens with two attached hydrogens (primary N) is 1. The molecule has 0 aliphatic carbocycles. The van der Waals surface area contributed by atoms with Crippen molar-refractivity contribution in [3.63, 3.8) is 0 Å². The van der Waals surface area contributed by atoms with E-state index in [9.17, 15) is 0 Å². The van der Waals surface area contributed by atoms with Crippen molar-refractivity contribution in [3.05, 3.63) is 22.6 Å². The van der Waals surface area contributed by atoms with Gasteiger partial charge in [-0.3, -0.25) is 0 Å². The van der Waals surface area contributed by atoms with Crippen LogP contribution in [0.3, 0.4) is 0 Å². The molecule has 0 amide bonds. The molecule has 2 aromatic heterocycles. The molecule has 0 unspecified atom stereocenters. The standard InChI is InChI=1S/C12H16N2OS/c1-4-8-5-6-16-11(8)10-9(7(2)3)12(13)14-15-10/h5-7H,4H2,1-3H3,(H2,13,14). The first-order valence-electron chi connectivity index (χ1n) is 5.46. The lowest BCUT2D eigenvalue weighted by Crippen LogP contribution is -1.95. The van der Waals surface area contributed by atoms with Crippen LogP contribution in [0.4, 0.5) is 5.82 Å². The number of anilines is 1. The molecule has 4 heteroatoms. The minimum Gasteiger partial charge on any atom is -0.381 e. The average molecular weight is 236 g/mol. The van der Waals surface area contributed by atoms with Crippen molar-refractivity contribution in [1.82, 2.24) is 5.16 Å². The van der Waals surface area contributed by atoms with Gasteiger partial charge < -0.3 is 10.3 Å². The van der Waals surface area contributed by atoms with Crippen molar-refractivity contribution in [3.8, 4) is 10.6 Å². The molecule has 0 fully saturated rings. The van der Waals surface area contributed by atoms with Crippen LogP contribution in [0, 0.1) is 0 Å². The summed E-state index contributed by atoms with van der Waals surface area (Å²) in [6.07, 6.45) is 0.997. The molecule has 0 radical (unpaired) electrons. The van der Waals surface area contributed by atoms with Crippen molar-refractivity contribution < 1.29 is 4.52 Å². The first kappa shape index (κ1) is 11.2. The minimum absolute atomic E-state index is 0.327. The number of nitrogen functional groups attached to an aromatic ring is 1. The Balaban J connectivity index is 2.56. The smallest absolute Gasteiger partial charge is 0.182 e. The van der Waals surface area contributed by atoms with E-state index >= 15 is 0 Å². The van der Waals surface area contributed by atoms with E-state index in [1.165, 1.54) is 5.56 Å². The van der Waals surface area contributed by atoms with Gasteiger partial charge in [0.1, 0.15) is 0 Å². The molecule has 3 nitrogen and oxygen atoms in total. The molecule has 0 aliphatic heterocycles. The Morgan fingerprint density at radius 2 is 2.25 bits per heavy atom. The summed E-state index contributed by atoms with van der Waals surface area (Å²) in [5.74, 6) is 1.69. The summed E-state index contributed by atoms with van der Waals surface area (Å²) in [7, 11) is 0. The van der Waals surface area contributed by atoms with E-state index < -0.39 is 0 Å². The van der Waals surface area contributed by atoms with Gasteiger partial charge in [0.05, 0.1) is 4.88 Å². The number of hydrogen-bond donors (Lipinski definition) is 1. The quantitative estimate of drug-likeness (QED) is 0.884. The van der Waals surface area contributed by atoms with Crippen LogP contribution in [0.25, 0.3) is 10.6 Å². The zero-order valence-corrected chi connectivity index (χ0v) is 10.6. The fourth-order valence-electron chi connectivity index (χ4n) is 1.84. The molecule has 0 atom stereocenters. The van der Waals surface area contributed by atoms with Gasteiger partial charge in [-0.1, -0.05) is 25.9 Å². The Bertz CT molecular complexity index is 485. The van der Waals surface area contributed by atoms with Gasteiger partial charge in [-0.25, -0.2) is 0 Å². The summed E-state index contributed by atoms with van der Waals surface area (Å²) in [6, 6.07) is 2.13. The SMILES string of the molecule is CCc1ccsc1-c1onc(N)c1C(C)C. The van der Waals surface area contributed by atoms with Crippen LogP contribution in [0.5, 0.6) is 0 Å². The molecule has 86 valence electrons. The summed E-state index contributed by atoms with van der Waals surface area (Å²) in [5.41, 5.74) is 8.16. The minimum atomic E-state index is 0.327. The molecule has 2 N–H and O–H groups in total. The molecule has 0 spiro atoms. The molecule has 2 rings (SSSR count). The van der Waals surface area contributed by atoms with Crippen molar-refractivity contribution in [2.45, 2.75) is 33.1 Å². The maximum Gasteiger partial charge on any atom is 0.182 e. The molecule has 2 heterocycles. The van der Waals surface area contributed by atoms with E-state index in [4.69, 9.17) is 10.3 Å². The number of hydrogen-bond acceptors (Lipinski definition) is 4. The summed E-state index contributed by atoms with van der Waals surface area (Å²) in [5, 5.41) is 5.96. The van der Waals surface area contributed by atoms with E-state index in [-0.39, 0.29) is 0 Å². The predicted octanol–water partition coefficient (Wildman–Crippen LogP) is 3.67. The molecule has 0 aliphatic rings. The second kappa shape index (κ2) is 4.29. The van der Waals surface area contributed by atoms with Gasteiger partial charge in [0, 0.05) is 5.56 Å². The highest BCUT2D eigenvalue weighted by Gasteiger charge is 2.21. The van der Waals surface area contributed by atoms with E-state index in [2.05, 4.69) is 37.4 Å². The fourth-order valence-corrected chi connectivity index (χ4v) is 2.83. The molecule has 2 aromatic rings. The van der Waals surface area contributed by atoms with Crippen molar-refractivity contribution in [2.75, 3.05) is 5.73 Å². The normalized spacial score (nSPS) is 11.2. The molecular formula is C12H16N2OS. The average Bonchev–Trinajstić information content (AvgIpc) is 2.82. The topological polar surface area (TPSA) is 52.0 Å². The predicted molar refractivity (Wildman–Crippen MR) is 67.7 cm³/mol. The van der Waals surface area contributed by atoms with Gasteiger partial charge in [0.15, 0.2) is 11.6 Å². The fraction of sp³-hybridized carbons (Fsp3) is 0.417. The zero-order chi connectivity index (χ0) is 11.7. The van der Waals surface area contributed by atoms with Gasteiger partial charge in [-0.05, 0) is 29.3 Å². The van der Waals surface area contributed by atoms with Crippen molar-refractivity contribution in [2.24, 2.45) is 0 Å². The third-order valence-corrected chi connectivity index (χ3v) is 3.62. The molecule has 0 bridgehead atoms. The third-order valence-electron chi connectivity index (χ3n) is 2.67. The lowest BCUT2D eigenvalue weighted by atomic mass is 10.0. The monoisotopic (exact) mass is 236 g/mol. The third kappa shape index (κ3) is 1.73. The van der Waals surface area contributed by atoms with E-state index in [1.807, 2.05) is 0 Å². The molecular weight excluding hydrogens is 220 g/mol. The first-order chi connectivity index (χ1) is 7.65. The number of nitrogens with zero attached hydrogens (tertiary/aromatic N) is 1. The van der Waals surface area contributed by atoms with Gasteiger partial charge in [-0.2, -0.15) is 0 Å². The summed E-state index contributed by atoms with van der Waals surface area (Å²) < 4.78 is 5.38. The Hall–Kier alpha value is -1.29. The van der Waals surface area contributed by atoms with Crippen LogP contribution in [0.1, 0.15) is 37.8 Å². The first-order valence-corrected chi connectivity index (χ1v) is 6.34. The summed E-state index contributed by atoms with van der Waals surface area (Å²) >= 11 is 1.68. The number of thiophene rings is 1. The van der Waals surface area contributed by atoms with Crippen LogP contribution >= 0.6 is 11.3 Å². The largest absolute Gasteiger partial charge is 0.381 e. The number of rotatable bonds is 3. The van der Waals surface area contributed by atoms with Crippen LogP contribution in [-0.4, -0.2) is 5.16 Å². The van der Waals surface area contributed by atoms with Crippen LogP contribution in [0.2, 0.25) is 0 Å². The lowest BCUT2D eigenvalue weighted by Gasteiger charge is -2.05. The van der Waals surface area contributed by atoms with Gasteiger partial charge in [-0.15, -0.1) is 11.3 Å². The lowest BCUT2D eigenvalue weighted by molar-refractivity contribution is 0.435. The molecule has 0 saturated heterocycles. The van der Waals surface area contributed by atoms with Crippen LogP contribution < -0.4 is 5.73 Å². The van der Waals surface area contributed by atoms with Gasteiger partial charge in [0.2, 0.25) is 0 Å². The van der Waals surface area contributed by atoms with E-state index in [0.29, 0.717) is 11.7 Å². The zero-order valence-electron chi connectivity index (χ0n) is 9.78. The van der Waals surface area contributed by atoms with Crippen molar-refractivity contribution >= 4 is 17.2 Å². The highest BCUT2D eigenvalue weighted by molar-refractivity contribution is 7.13. The maximum absolute atomic E-state index is 5.84. The van der Waals surface area contributed by atoms with Crippen LogP contribution in [-0.2, 0) is 6.42 Å². The Morgan fingerprint density at radius 3 is 2.88 bits per heavy atom. The number of aryl methyl sites for hydroxylation is 1. The highest BCUT2D eigenvalue weighted by atomic mass is 32.1. The number of aromatic nitrogens is 1. The molecule has 0 aromatic carbocycles. The second-order valence-corrected chi connectivity index (χ2v) is 5.01. The van der Waals surface area contributed by atoms with E-state index in [1.54, 1.807) is 11.3 Å². The van der Waals surface area contributed by atoms with Gasteiger partial charge >= 0.3 is 0 Å². The van der Waals surface area contributed by atoms with E-state index in [0.717, 1.165) is 22.6 Å². The second-order valence-electron chi connectivity index (χ2n) is 4.09. The highest BCUT2D eigenvalue weighted by Crippen LogP contribution is 2.38.